The van der Waals surface area contributed by atoms with Crippen LogP contribution in [0.15, 0.2) is 0 Å². The summed E-state index contributed by atoms with van der Waals surface area (Å²) in [6, 6.07) is 0.708. The molecule has 2 fully saturated rings. The zero-order valence-corrected chi connectivity index (χ0v) is 10.7. The van der Waals surface area contributed by atoms with Crippen LogP contribution in [-0.4, -0.2) is 49.8 Å². The molecule has 2 saturated heterocycles. The quantitative estimate of drug-likeness (QED) is 0.772. The third kappa shape index (κ3) is 3.72. The zero-order chi connectivity index (χ0) is 11.4. The molecule has 0 aromatic carbocycles. The third-order valence-corrected chi connectivity index (χ3v) is 3.79. The average Bonchev–Trinajstić information content (AvgIpc) is 2.43. The van der Waals surface area contributed by atoms with Gasteiger partial charge >= 0.3 is 0 Å². The van der Waals surface area contributed by atoms with Crippen molar-refractivity contribution in [3.8, 4) is 0 Å². The normalized spacial score (nSPS) is 38.2. The van der Waals surface area contributed by atoms with Crippen molar-refractivity contribution in [3.05, 3.63) is 0 Å². The fourth-order valence-electron chi connectivity index (χ4n) is 3.01. The number of hydrogen-bond donors (Lipinski definition) is 1. The van der Waals surface area contributed by atoms with Crippen LogP contribution >= 0.6 is 0 Å². The van der Waals surface area contributed by atoms with Crippen molar-refractivity contribution in [1.29, 1.82) is 0 Å². The Morgan fingerprint density at radius 3 is 3.06 bits per heavy atom. The van der Waals surface area contributed by atoms with E-state index in [4.69, 9.17) is 4.74 Å². The maximum absolute atomic E-state index is 5.69. The van der Waals surface area contributed by atoms with Gasteiger partial charge in [0, 0.05) is 32.3 Å². The summed E-state index contributed by atoms with van der Waals surface area (Å²) in [7, 11) is 0. The average molecular weight is 226 g/mol. The molecule has 0 spiro atoms. The van der Waals surface area contributed by atoms with Crippen LogP contribution < -0.4 is 5.32 Å². The summed E-state index contributed by atoms with van der Waals surface area (Å²) < 4.78 is 5.69. The summed E-state index contributed by atoms with van der Waals surface area (Å²) in [5.41, 5.74) is 0. The minimum Gasteiger partial charge on any atom is -0.377 e. The van der Waals surface area contributed by atoms with Crippen molar-refractivity contribution in [2.24, 2.45) is 5.92 Å². The second-order valence-corrected chi connectivity index (χ2v) is 5.54. The fraction of sp³-hybridized carbons (Fsp3) is 1.00. The van der Waals surface area contributed by atoms with E-state index in [-0.39, 0.29) is 0 Å². The van der Waals surface area contributed by atoms with E-state index in [9.17, 15) is 0 Å². The highest BCUT2D eigenvalue weighted by atomic mass is 16.5. The monoisotopic (exact) mass is 226 g/mol. The van der Waals surface area contributed by atoms with Crippen LogP contribution in [0.3, 0.4) is 0 Å². The van der Waals surface area contributed by atoms with Crippen LogP contribution in [0.4, 0.5) is 0 Å². The molecular formula is C13H26N2O. The summed E-state index contributed by atoms with van der Waals surface area (Å²) >= 11 is 0. The van der Waals surface area contributed by atoms with Crippen molar-refractivity contribution >= 4 is 0 Å². The lowest BCUT2D eigenvalue weighted by atomic mass is 9.92. The molecule has 3 atom stereocenters. The molecule has 0 radical (unpaired) electrons. The predicted molar refractivity (Wildman–Crippen MR) is 66.7 cm³/mol. The van der Waals surface area contributed by atoms with Gasteiger partial charge in [-0.15, -0.1) is 0 Å². The molecule has 3 heteroatoms. The van der Waals surface area contributed by atoms with E-state index < -0.39 is 0 Å². The van der Waals surface area contributed by atoms with Gasteiger partial charge in [0.25, 0.3) is 0 Å². The van der Waals surface area contributed by atoms with Gasteiger partial charge in [-0.3, -0.25) is 0 Å². The Kier molecular flexibility index (Phi) is 4.62. The highest BCUT2D eigenvalue weighted by molar-refractivity contribution is 4.78. The SMILES string of the molecule is CC1CC(CN2CCCOC(C)C2)CCN1. The number of ether oxygens (including phenoxy) is 1. The first-order chi connectivity index (χ1) is 7.74. The van der Waals surface area contributed by atoms with E-state index >= 15 is 0 Å². The van der Waals surface area contributed by atoms with E-state index in [0.717, 1.165) is 19.1 Å². The predicted octanol–water partition coefficient (Wildman–Crippen LogP) is 1.49. The summed E-state index contributed by atoms with van der Waals surface area (Å²) in [6.45, 7) is 10.3. The van der Waals surface area contributed by atoms with E-state index in [1.165, 1.54) is 38.9 Å². The summed E-state index contributed by atoms with van der Waals surface area (Å²) in [4.78, 5) is 2.61. The van der Waals surface area contributed by atoms with Gasteiger partial charge in [0.05, 0.1) is 6.10 Å². The lowest BCUT2D eigenvalue weighted by molar-refractivity contribution is 0.0641. The maximum atomic E-state index is 5.69. The van der Waals surface area contributed by atoms with Crippen molar-refractivity contribution < 1.29 is 4.74 Å². The largest absolute Gasteiger partial charge is 0.377 e. The number of hydrogen-bond acceptors (Lipinski definition) is 3. The van der Waals surface area contributed by atoms with Crippen LogP contribution in [0, 0.1) is 5.92 Å². The van der Waals surface area contributed by atoms with Gasteiger partial charge in [-0.2, -0.15) is 0 Å². The topological polar surface area (TPSA) is 24.5 Å². The maximum Gasteiger partial charge on any atom is 0.0673 e. The Bertz CT molecular complexity index is 210. The molecular weight excluding hydrogens is 200 g/mol. The highest BCUT2D eigenvalue weighted by Crippen LogP contribution is 2.18. The van der Waals surface area contributed by atoms with Crippen molar-refractivity contribution in [1.82, 2.24) is 10.2 Å². The van der Waals surface area contributed by atoms with Crippen LogP contribution in [-0.2, 0) is 4.74 Å². The summed E-state index contributed by atoms with van der Waals surface area (Å²) in [5, 5.41) is 3.53. The first kappa shape index (κ1) is 12.3. The van der Waals surface area contributed by atoms with Gasteiger partial charge in [-0.25, -0.2) is 0 Å². The molecule has 0 saturated carbocycles. The minimum atomic E-state index is 0.418. The minimum absolute atomic E-state index is 0.418. The van der Waals surface area contributed by atoms with Crippen LogP contribution in [0.2, 0.25) is 0 Å². The first-order valence-corrected chi connectivity index (χ1v) is 6.81. The van der Waals surface area contributed by atoms with Gasteiger partial charge in [-0.05, 0) is 45.6 Å². The fourth-order valence-corrected chi connectivity index (χ4v) is 3.01. The van der Waals surface area contributed by atoms with Gasteiger partial charge in [0.2, 0.25) is 0 Å². The van der Waals surface area contributed by atoms with Crippen LogP contribution in [0.5, 0.6) is 0 Å². The molecule has 2 rings (SSSR count). The number of nitrogens with zero attached hydrogens (tertiary/aromatic N) is 1. The summed E-state index contributed by atoms with van der Waals surface area (Å²) in [5.74, 6) is 0.890. The molecule has 3 unspecified atom stereocenters. The standard InChI is InChI=1S/C13H26N2O/c1-11-8-13(4-5-14-11)10-15-6-3-7-16-12(2)9-15/h11-14H,3-10H2,1-2H3. The molecule has 16 heavy (non-hydrogen) atoms. The Morgan fingerprint density at radius 2 is 2.25 bits per heavy atom. The molecule has 3 nitrogen and oxygen atoms in total. The molecule has 0 aliphatic carbocycles. The Labute approximate surface area is 99.5 Å². The Morgan fingerprint density at radius 1 is 1.38 bits per heavy atom. The molecule has 2 aliphatic rings. The number of rotatable bonds is 2. The molecule has 0 aromatic rings. The van der Waals surface area contributed by atoms with Crippen LogP contribution in [0.25, 0.3) is 0 Å². The number of nitrogens with one attached hydrogen (secondary N) is 1. The number of piperidine rings is 1. The van der Waals surface area contributed by atoms with Gasteiger partial charge in [-0.1, -0.05) is 0 Å². The second kappa shape index (κ2) is 5.99. The molecule has 1 N–H and O–H groups in total. The molecule has 0 aromatic heterocycles. The first-order valence-electron chi connectivity index (χ1n) is 6.81. The lowest BCUT2D eigenvalue weighted by Crippen LogP contribution is -2.42. The zero-order valence-electron chi connectivity index (χ0n) is 10.7. The molecule has 94 valence electrons. The van der Waals surface area contributed by atoms with E-state index in [0.29, 0.717) is 12.1 Å². The van der Waals surface area contributed by atoms with Gasteiger partial charge < -0.3 is 15.0 Å². The molecule has 0 bridgehead atoms. The van der Waals surface area contributed by atoms with E-state index in [2.05, 4.69) is 24.1 Å². The molecule has 0 amide bonds. The second-order valence-electron chi connectivity index (χ2n) is 5.54. The van der Waals surface area contributed by atoms with Crippen molar-refractivity contribution in [2.45, 2.75) is 45.3 Å². The Hall–Kier alpha value is -0.120. The van der Waals surface area contributed by atoms with Gasteiger partial charge in [0.15, 0.2) is 0 Å². The highest BCUT2D eigenvalue weighted by Gasteiger charge is 2.22. The van der Waals surface area contributed by atoms with Crippen molar-refractivity contribution in [2.75, 3.05) is 32.8 Å². The smallest absolute Gasteiger partial charge is 0.0673 e. The van der Waals surface area contributed by atoms with Crippen LogP contribution in [0.1, 0.15) is 33.1 Å². The third-order valence-electron chi connectivity index (χ3n) is 3.79. The van der Waals surface area contributed by atoms with E-state index in [1.807, 2.05) is 0 Å². The summed E-state index contributed by atoms with van der Waals surface area (Å²) in [6.07, 6.45) is 4.30. The molecule has 2 heterocycles. The molecule has 2 aliphatic heterocycles. The Balaban J connectivity index is 1.78. The van der Waals surface area contributed by atoms with Gasteiger partial charge in [0.1, 0.15) is 0 Å². The van der Waals surface area contributed by atoms with E-state index in [1.54, 1.807) is 0 Å². The lowest BCUT2D eigenvalue weighted by Gasteiger charge is -2.32. The van der Waals surface area contributed by atoms with Crippen molar-refractivity contribution in [3.63, 3.8) is 0 Å².